The predicted octanol–water partition coefficient (Wildman–Crippen LogP) is -0.469. The number of carbonyl (C=O) groups excluding carboxylic acids is 3. The molecule has 2 N–H and O–H groups in total. The van der Waals surface area contributed by atoms with Gasteiger partial charge in [-0.1, -0.05) is 0 Å². The first-order valence-corrected chi connectivity index (χ1v) is 6.32. The third-order valence-corrected chi connectivity index (χ3v) is 3.33. The van der Waals surface area contributed by atoms with Crippen molar-refractivity contribution in [2.75, 3.05) is 13.2 Å². The van der Waals surface area contributed by atoms with Gasteiger partial charge in [-0.2, -0.15) is 5.06 Å². The Morgan fingerprint density at radius 3 is 2.80 bits per heavy atom. The van der Waals surface area contributed by atoms with Gasteiger partial charge in [0.25, 0.3) is 0 Å². The third-order valence-electron chi connectivity index (χ3n) is 3.33. The van der Waals surface area contributed by atoms with E-state index in [0.717, 1.165) is 5.06 Å². The number of ether oxygens (including phenoxy) is 1. The highest BCUT2D eigenvalue weighted by molar-refractivity contribution is 5.87. The maximum Gasteiger partial charge on any atom is 0.370 e. The lowest BCUT2D eigenvalue weighted by Crippen LogP contribution is -2.47. The van der Waals surface area contributed by atoms with Gasteiger partial charge >= 0.3 is 18.4 Å². The fourth-order valence-electron chi connectivity index (χ4n) is 2.41. The Hall–Kier alpha value is -1.90. The molecule has 0 aromatic carbocycles. The number of halogens is 1. The zero-order valence-corrected chi connectivity index (χ0v) is 11.0. The monoisotopic (exact) mass is 289 g/mol. The molecule has 0 aliphatic carbocycles. The fourth-order valence-corrected chi connectivity index (χ4v) is 2.41. The van der Waals surface area contributed by atoms with Crippen LogP contribution in [-0.4, -0.2) is 59.5 Å². The first kappa shape index (κ1) is 14.5. The summed E-state index contributed by atoms with van der Waals surface area (Å²) in [5.74, 6) is -1.80. The average Bonchev–Trinajstić information content (AvgIpc) is 2.64. The van der Waals surface area contributed by atoms with Crippen LogP contribution in [0.3, 0.4) is 0 Å². The fraction of sp³-hybridized carbons (Fsp3) is 0.727. The molecular weight excluding hydrogens is 273 g/mol. The summed E-state index contributed by atoms with van der Waals surface area (Å²) in [7, 11) is 0. The van der Waals surface area contributed by atoms with E-state index in [9.17, 15) is 18.8 Å². The Kier molecular flexibility index (Phi) is 4.07. The summed E-state index contributed by atoms with van der Waals surface area (Å²) in [6.45, 7) is 1.76. The Morgan fingerprint density at radius 1 is 1.50 bits per heavy atom. The lowest BCUT2D eigenvalue weighted by molar-refractivity contribution is -0.227. The quantitative estimate of drug-likeness (QED) is 0.689. The topological polar surface area (TPSA) is 102 Å². The molecule has 0 radical (unpaired) electrons. The van der Waals surface area contributed by atoms with Gasteiger partial charge in [-0.05, 0) is 19.8 Å². The van der Waals surface area contributed by atoms with Gasteiger partial charge in [-0.3, -0.25) is 4.79 Å². The summed E-state index contributed by atoms with van der Waals surface area (Å²) in [5, 5.41) is 0.796. The molecule has 0 aromatic rings. The number of esters is 1. The average molecular weight is 289 g/mol. The zero-order chi connectivity index (χ0) is 14.9. The lowest BCUT2D eigenvalue weighted by Gasteiger charge is -2.27. The first-order valence-electron chi connectivity index (χ1n) is 6.32. The van der Waals surface area contributed by atoms with Crippen LogP contribution in [0.2, 0.25) is 0 Å². The summed E-state index contributed by atoms with van der Waals surface area (Å²) in [6, 6.07) is -1.78. The van der Waals surface area contributed by atoms with Crippen molar-refractivity contribution < 1.29 is 28.3 Å². The minimum Gasteiger partial charge on any atom is -0.462 e. The van der Waals surface area contributed by atoms with Gasteiger partial charge in [0.05, 0.1) is 12.6 Å². The minimum atomic E-state index is -2.37. The molecule has 2 saturated heterocycles. The molecule has 0 spiro atoms. The van der Waals surface area contributed by atoms with E-state index in [0.29, 0.717) is 12.8 Å². The summed E-state index contributed by atoms with van der Waals surface area (Å²) in [5.41, 5.74) is 5.21. The van der Waals surface area contributed by atoms with Crippen LogP contribution in [-0.2, 0) is 19.2 Å². The molecule has 0 saturated carbocycles. The van der Waals surface area contributed by atoms with Crippen LogP contribution in [0.4, 0.5) is 9.18 Å². The van der Waals surface area contributed by atoms with Gasteiger partial charge < -0.3 is 15.4 Å². The van der Waals surface area contributed by atoms with E-state index in [1.807, 2.05) is 0 Å². The zero-order valence-electron chi connectivity index (χ0n) is 11.0. The molecule has 1 unspecified atom stereocenters. The number of hydrogen-bond acceptors (Lipinski definition) is 5. The van der Waals surface area contributed by atoms with Crippen molar-refractivity contribution >= 4 is 17.9 Å². The van der Waals surface area contributed by atoms with Crippen LogP contribution >= 0.6 is 0 Å². The van der Waals surface area contributed by atoms with Crippen LogP contribution in [0.15, 0.2) is 0 Å². The van der Waals surface area contributed by atoms with E-state index in [-0.39, 0.29) is 13.2 Å². The molecule has 3 amide bonds. The van der Waals surface area contributed by atoms with Crippen molar-refractivity contribution in [1.29, 1.82) is 0 Å². The Balaban J connectivity index is 2.02. The molecule has 2 aliphatic rings. The van der Waals surface area contributed by atoms with Crippen LogP contribution in [0.1, 0.15) is 19.8 Å². The second-order valence-electron chi connectivity index (χ2n) is 4.58. The van der Waals surface area contributed by atoms with Gasteiger partial charge in [-0.25, -0.2) is 18.8 Å². The second kappa shape index (κ2) is 5.61. The number of fused-ring (bicyclic) bond motifs is 2. The number of alkyl halides is 1. The van der Waals surface area contributed by atoms with Crippen LogP contribution in [0.25, 0.3) is 0 Å². The first-order chi connectivity index (χ1) is 9.45. The Bertz CT molecular complexity index is 432. The minimum absolute atomic E-state index is 0.00978. The molecule has 20 heavy (non-hydrogen) atoms. The molecule has 2 heterocycles. The van der Waals surface area contributed by atoms with Crippen LogP contribution in [0.5, 0.6) is 0 Å². The largest absolute Gasteiger partial charge is 0.462 e. The van der Waals surface area contributed by atoms with Crippen molar-refractivity contribution in [1.82, 2.24) is 9.96 Å². The maximum atomic E-state index is 13.5. The number of amides is 3. The molecule has 2 rings (SSSR count). The van der Waals surface area contributed by atoms with E-state index in [4.69, 9.17) is 10.6 Å². The molecule has 8 nitrogen and oxygen atoms in total. The van der Waals surface area contributed by atoms with E-state index < -0.39 is 36.3 Å². The van der Waals surface area contributed by atoms with Crippen LogP contribution < -0.4 is 5.73 Å². The predicted molar refractivity (Wildman–Crippen MR) is 62.6 cm³/mol. The number of hydroxylamine groups is 2. The van der Waals surface area contributed by atoms with Crippen molar-refractivity contribution in [2.45, 2.75) is 38.2 Å². The number of urea groups is 1. The highest BCUT2D eigenvalue weighted by Gasteiger charge is 2.48. The van der Waals surface area contributed by atoms with Gasteiger partial charge in [0, 0.05) is 6.54 Å². The molecule has 2 fully saturated rings. The summed E-state index contributed by atoms with van der Waals surface area (Å²) >= 11 is 0. The van der Waals surface area contributed by atoms with Crippen molar-refractivity contribution in [3.05, 3.63) is 0 Å². The van der Waals surface area contributed by atoms with Gasteiger partial charge in [-0.15, -0.1) is 0 Å². The number of rotatable bonds is 5. The summed E-state index contributed by atoms with van der Waals surface area (Å²) in [4.78, 5) is 40.4. The van der Waals surface area contributed by atoms with Crippen molar-refractivity contribution in [3.8, 4) is 0 Å². The van der Waals surface area contributed by atoms with E-state index >= 15 is 0 Å². The standard InChI is InChI=1S/C11H16FN3O5/c1-2-19-10(17)8(12)20-15-6-3-4-7(9(13)16)14(5-6)11(15)18/h6-8H,2-5H2,1H3,(H2,13,16)/t6-,7+,8?/m1/s1. The van der Waals surface area contributed by atoms with Crippen LogP contribution in [0, 0.1) is 0 Å². The third kappa shape index (κ3) is 2.53. The lowest BCUT2D eigenvalue weighted by atomic mass is 10.0. The molecule has 0 aromatic heterocycles. The highest BCUT2D eigenvalue weighted by atomic mass is 19.1. The highest BCUT2D eigenvalue weighted by Crippen LogP contribution is 2.30. The molecular formula is C11H16FN3O5. The van der Waals surface area contributed by atoms with E-state index in [1.165, 1.54) is 11.8 Å². The number of primary amides is 1. The van der Waals surface area contributed by atoms with Crippen molar-refractivity contribution in [3.63, 3.8) is 0 Å². The number of carbonyl (C=O) groups is 3. The summed E-state index contributed by atoms with van der Waals surface area (Å²) in [6.07, 6.45) is -1.53. The van der Waals surface area contributed by atoms with E-state index in [2.05, 4.69) is 4.74 Å². The Morgan fingerprint density at radius 2 is 2.20 bits per heavy atom. The molecule has 2 bridgehead atoms. The molecule has 9 heteroatoms. The second-order valence-corrected chi connectivity index (χ2v) is 4.58. The number of nitrogens with zero attached hydrogens (tertiary/aromatic N) is 2. The summed E-state index contributed by atoms with van der Waals surface area (Å²) < 4.78 is 18.0. The number of piperidine rings is 1. The number of hydrogen-bond donors (Lipinski definition) is 1. The van der Waals surface area contributed by atoms with Gasteiger partial charge in [0.2, 0.25) is 5.91 Å². The van der Waals surface area contributed by atoms with Gasteiger partial charge in [0.15, 0.2) is 0 Å². The normalized spacial score (nSPS) is 26.6. The number of nitrogens with two attached hydrogens (primary N) is 1. The van der Waals surface area contributed by atoms with E-state index in [1.54, 1.807) is 0 Å². The molecule has 3 atom stereocenters. The molecule has 112 valence electrons. The Labute approximate surface area is 114 Å². The van der Waals surface area contributed by atoms with Gasteiger partial charge in [0.1, 0.15) is 6.04 Å². The SMILES string of the molecule is CCOC(=O)C(F)ON1C(=O)N2C[C@H]1CC[C@H]2C(N)=O. The maximum absolute atomic E-state index is 13.5. The van der Waals surface area contributed by atoms with Crippen molar-refractivity contribution in [2.24, 2.45) is 5.73 Å². The molecule has 2 aliphatic heterocycles. The smallest absolute Gasteiger partial charge is 0.370 e.